The second kappa shape index (κ2) is 11.5. The van der Waals surface area contributed by atoms with Crippen molar-refractivity contribution in [1.82, 2.24) is 19.5 Å². The highest BCUT2D eigenvalue weighted by atomic mass is 35.5. The number of primary amides is 1. The van der Waals surface area contributed by atoms with Crippen LogP contribution in [0.2, 0.25) is 10.0 Å². The van der Waals surface area contributed by atoms with Crippen LogP contribution in [-0.4, -0.2) is 50.9 Å². The molecule has 194 valence electrons. The van der Waals surface area contributed by atoms with Gasteiger partial charge in [-0.25, -0.2) is 18.7 Å². The van der Waals surface area contributed by atoms with Crippen LogP contribution in [0.15, 0.2) is 18.3 Å². The van der Waals surface area contributed by atoms with E-state index >= 15 is 0 Å². The molecule has 0 bridgehead atoms. The summed E-state index contributed by atoms with van der Waals surface area (Å²) in [6.45, 7) is 2.45. The van der Waals surface area contributed by atoms with Gasteiger partial charge in [-0.15, -0.1) is 0 Å². The quantitative estimate of drug-likeness (QED) is 0.324. The SMILES string of the molecule is CCC[C@@H](CCC(N)=O)n1c(Nc2c(F)cc(Cl)cc2Cl)nc2cnc(N[C@H]3CCOC[C@H]3F)nc21. The Hall–Kier alpha value is -2.76. The Labute approximate surface area is 216 Å². The summed E-state index contributed by atoms with van der Waals surface area (Å²) in [5, 5.41) is 6.24. The first-order chi connectivity index (χ1) is 17.3. The van der Waals surface area contributed by atoms with Crippen LogP contribution in [0.4, 0.5) is 26.4 Å². The van der Waals surface area contributed by atoms with E-state index in [0.29, 0.717) is 37.0 Å². The first-order valence-corrected chi connectivity index (χ1v) is 12.5. The van der Waals surface area contributed by atoms with E-state index in [0.717, 1.165) is 12.5 Å². The molecule has 4 N–H and O–H groups in total. The van der Waals surface area contributed by atoms with Gasteiger partial charge in [0.25, 0.3) is 0 Å². The Morgan fingerprint density at radius 1 is 1.33 bits per heavy atom. The van der Waals surface area contributed by atoms with Crippen molar-refractivity contribution >= 4 is 57.9 Å². The molecule has 0 saturated carbocycles. The van der Waals surface area contributed by atoms with E-state index in [2.05, 4.69) is 25.6 Å². The molecular formula is C23H27Cl2F2N7O2. The summed E-state index contributed by atoms with van der Waals surface area (Å²) in [5.41, 5.74) is 6.28. The normalized spacial score (nSPS) is 18.8. The second-order valence-electron chi connectivity index (χ2n) is 8.66. The van der Waals surface area contributed by atoms with Crippen molar-refractivity contribution in [3.63, 3.8) is 0 Å². The molecule has 3 heterocycles. The van der Waals surface area contributed by atoms with Gasteiger partial charge in [-0.2, -0.15) is 4.98 Å². The summed E-state index contributed by atoms with van der Waals surface area (Å²) < 4.78 is 36.0. The third kappa shape index (κ3) is 5.96. The summed E-state index contributed by atoms with van der Waals surface area (Å²) in [5.74, 6) is -0.605. The standard InChI is InChI=1S/C23H27Cl2F2N7O2/c1-2-3-13(4-5-19(28)35)34-21-18(10-29-22(33-21)30-17-6-7-36-11-16(17)27)31-23(34)32-20-14(25)8-12(24)9-15(20)26/h8-10,13,16-17H,2-7,11H2,1H3,(H2,28,35)(H,31,32)(H,29,30,33)/t13-,16+,17-/m0/s1. The number of carbonyl (C=O) groups excluding carboxylic acids is 1. The maximum absolute atomic E-state index is 14.7. The number of benzene rings is 1. The number of halogens is 4. The molecule has 36 heavy (non-hydrogen) atoms. The molecule has 1 saturated heterocycles. The number of nitrogens with one attached hydrogen (secondary N) is 2. The Morgan fingerprint density at radius 2 is 2.14 bits per heavy atom. The molecule has 13 heteroatoms. The minimum Gasteiger partial charge on any atom is -0.378 e. The van der Waals surface area contributed by atoms with E-state index < -0.39 is 23.9 Å². The van der Waals surface area contributed by atoms with Gasteiger partial charge in [0.05, 0.1) is 29.6 Å². The number of alkyl halides is 1. The third-order valence-corrected chi connectivity index (χ3v) is 6.51. The number of carbonyl (C=O) groups is 1. The van der Waals surface area contributed by atoms with Gasteiger partial charge < -0.3 is 21.1 Å². The molecular weight excluding hydrogens is 515 g/mol. The zero-order chi connectivity index (χ0) is 25.8. The molecule has 1 aromatic carbocycles. The van der Waals surface area contributed by atoms with Crippen molar-refractivity contribution in [2.75, 3.05) is 23.8 Å². The number of nitrogens with two attached hydrogens (primary N) is 1. The lowest BCUT2D eigenvalue weighted by atomic mass is 10.1. The molecule has 1 aliphatic rings. The summed E-state index contributed by atoms with van der Waals surface area (Å²) in [6.07, 6.45) is 2.81. The molecule has 0 radical (unpaired) electrons. The number of hydrogen-bond donors (Lipinski definition) is 3. The highest BCUT2D eigenvalue weighted by Crippen LogP contribution is 2.35. The van der Waals surface area contributed by atoms with Crippen LogP contribution in [0.5, 0.6) is 0 Å². The van der Waals surface area contributed by atoms with Gasteiger partial charge >= 0.3 is 0 Å². The summed E-state index contributed by atoms with van der Waals surface area (Å²) in [4.78, 5) is 25.1. The number of fused-ring (bicyclic) bond motifs is 1. The molecule has 2 aromatic heterocycles. The molecule has 0 unspecified atom stereocenters. The van der Waals surface area contributed by atoms with E-state index in [9.17, 15) is 13.6 Å². The Morgan fingerprint density at radius 3 is 2.83 bits per heavy atom. The Bertz CT molecular complexity index is 1220. The summed E-state index contributed by atoms with van der Waals surface area (Å²) >= 11 is 12.2. The molecule has 3 atom stereocenters. The number of rotatable bonds is 10. The van der Waals surface area contributed by atoms with Gasteiger partial charge in [0.15, 0.2) is 5.65 Å². The van der Waals surface area contributed by atoms with Gasteiger partial charge in [-0.1, -0.05) is 36.5 Å². The van der Waals surface area contributed by atoms with Crippen LogP contribution in [0, 0.1) is 5.82 Å². The fourth-order valence-electron chi connectivity index (χ4n) is 4.24. The van der Waals surface area contributed by atoms with E-state index in [1.54, 1.807) is 4.57 Å². The number of nitrogens with zero attached hydrogens (tertiary/aromatic N) is 4. The summed E-state index contributed by atoms with van der Waals surface area (Å²) in [6, 6.07) is 1.82. The lowest BCUT2D eigenvalue weighted by Gasteiger charge is -2.26. The van der Waals surface area contributed by atoms with Gasteiger partial charge in [0.1, 0.15) is 17.5 Å². The van der Waals surface area contributed by atoms with Crippen molar-refractivity contribution in [2.24, 2.45) is 5.73 Å². The topological polar surface area (TPSA) is 120 Å². The first-order valence-electron chi connectivity index (χ1n) is 11.7. The molecule has 1 aliphatic heterocycles. The van der Waals surface area contributed by atoms with Crippen molar-refractivity contribution in [2.45, 2.75) is 57.3 Å². The fraction of sp³-hybridized carbons (Fsp3) is 0.478. The van der Waals surface area contributed by atoms with Crippen molar-refractivity contribution < 1.29 is 18.3 Å². The monoisotopic (exact) mass is 541 g/mol. The van der Waals surface area contributed by atoms with Crippen molar-refractivity contribution in [1.29, 1.82) is 0 Å². The number of imidazole rings is 1. The molecule has 0 spiro atoms. The number of hydrogen-bond acceptors (Lipinski definition) is 7. The number of ether oxygens (including phenoxy) is 1. The van der Waals surface area contributed by atoms with Crippen LogP contribution < -0.4 is 16.4 Å². The molecule has 1 amide bonds. The average Bonchev–Trinajstić information content (AvgIpc) is 3.17. The second-order valence-corrected chi connectivity index (χ2v) is 9.50. The van der Waals surface area contributed by atoms with Gasteiger partial charge in [-0.3, -0.25) is 9.36 Å². The Balaban J connectivity index is 1.78. The molecule has 9 nitrogen and oxygen atoms in total. The maximum Gasteiger partial charge on any atom is 0.225 e. The van der Waals surface area contributed by atoms with Crippen LogP contribution >= 0.6 is 23.2 Å². The number of amides is 1. The summed E-state index contributed by atoms with van der Waals surface area (Å²) in [7, 11) is 0. The molecule has 1 fully saturated rings. The number of anilines is 3. The van der Waals surface area contributed by atoms with Crippen LogP contribution in [0.3, 0.4) is 0 Å². The van der Waals surface area contributed by atoms with E-state index in [1.165, 1.54) is 12.3 Å². The Kier molecular flexibility index (Phi) is 8.43. The minimum absolute atomic E-state index is 0.00319. The van der Waals surface area contributed by atoms with Crippen LogP contribution in [-0.2, 0) is 9.53 Å². The molecule has 4 rings (SSSR count). The zero-order valence-electron chi connectivity index (χ0n) is 19.6. The van der Waals surface area contributed by atoms with Crippen LogP contribution in [0.25, 0.3) is 11.2 Å². The zero-order valence-corrected chi connectivity index (χ0v) is 21.1. The predicted molar refractivity (Wildman–Crippen MR) is 135 cm³/mol. The lowest BCUT2D eigenvalue weighted by Crippen LogP contribution is -2.39. The largest absolute Gasteiger partial charge is 0.378 e. The van der Waals surface area contributed by atoms with Gasteiger partial charge in [-0.05, 0) is 31.4 Å². The highest BCUT2D eigenvalue weighted by molar-refractivity contribution is 6.36. The van der Waals surface area contributed by atoms with Crippen molar-refractivity contribution in [3.05, 3.63) is 34.2 Å². The van der Waals surface area contributed by atoms with Crippen LogP contribution in [0.1, 0.15) is 45.1 Å². The fourth-order valence-corrected chi connectivity index (χ4v) is 4.76. The molecule has 3 aromatic rings. The lowest BCUT2D eigenvalue weighted by molar-refractivity contribution is -0.118. The van der Waals surface area contributed by atoms with Gasteiger partial charge in [0.2, 0.25) is 17.8 Å². The first kappa shape index (κ1) is 26.3. The highest BCUT2D eigenvalue weighted by Gasteiger charge is 2.27. The minimum atomic E-state index is -1.20. The van der Waals surface area contributed by atoms with E-state index in [1.807, 2.05) is 6.92 Å². The maximum atomic E-state index is 14.7. The smallest absolute Gasteiger partial charge is 0.225 e. The number of aromatic nitrogens is 4. The van der Waals surface area contributed by atoms with E-state index in [-0.39, 0.29) is 46.7 Å². The predicted octanol–water partition coefficient (Wildman–Crippen LogP) is 5.16. The van der Waals surface area contributed by atoms with Crippen molar-refractivity contribution in [3.8, 4) is 0 Å². The third-order valence-electron chi connectivity index (χ3n) is 5.99. The molecule has 0 aliphatic carbocycles. The van der Waals surface area contributed by atoms with E-state index in [4.69, 9.17) is 33.7 Å². The van der Waals surface area contributed by atoms with Gasteiger partial charge in [0, 0.05) is 24.1 Å². The average molecular weight is 542 g/mol.